The van der Waals surface area contributed by atoms with Crippen molar-refractivity contribution in [3.05, 3.63) is 16.1 Å². The van der Waals surface area contributed by atoms with Crippen LogP contribution in [0.4, 0.5) is 0 Å². The number of rotatable bonds is 7. The third-order valence-corrected chi connectivity index (χ3v) is 4.42. The molecule has 8 heteroatoms. The first-order valence-electron chi connectivity index (χ1n) is 7.55. The van der Waals surface area contributed by atoms with Crippen molar-refractivity contribution in [2.75, 3.05) is 39.4 Å². The van der Waals surface area contributed by atoms with Crippen LogP contribution < -0.4 is 11.1 Å². The summed E-state index contributed by atoms with van der Waals surface area (Å²) >= 11 is 1.68. The second-order valence-electron chi connectivity index (χ2n) is 5.02. The van der Waals surface area contributed by atoms with E-state index in [1.54, 1.807) is 11.3 Å². The Hall–Kier alpha value is -0.450. The molecule has 1 saturated heterocycles. The fourth-order valence-corrected chi connectivity index (χ4v) is 2.89. The van der Waals surface area contributed by atoms with Gasteiger partial charge in [-0.2, -0.15) is 0 Å². The summed E-state index contributed by atoms with van der Waals surface area (Å²) in [4.78, 5) is 11.2. The van der Waals surface area contributed by atoms with E-state index in [-0.39, 0.29) is 24.0 Å². The van der Waals surface area contributed by atoms with Gasteiger partial charge >= 0.3 is 0 Å². The minimum atomic E-state index is 0. The van der Waals surface area contributed by atoms with Gasteiger partial charge in [0.05, 0.1) is 30.5 Å². The van der Waals surface area contributed by atoms with Crippen molar-refractivity contribution in [2.45, 2.75) is 26.3 Å². The number of nitrogens with two attached hydrogens (primary N) is 1. The van der Waals surface area contributed by atoms with Gasteiger partial charge < -0.3 is 15.8 Å². The normalized spacial score (nSPS) is 16.3. The van der Waals surface area contributed by atoms with E-state index in [1.807, 2.05) is 5.38 Å². The SMILES string of the molecule is CCc1nc(CN=C(N)NCCCN2CCOCC2)cs1.I. The summed E-state index contributed by atoms with van der Waals surface area (Å²) in [5, 5.41) is 6.36. The van der Waals surface area contributed by atoms with Crippen molar-refractivity contribution < 1.29 is 4.74 Å². The van der Waals surface area contributed by atoms with Crippen molar-refractivity contribution in [3.8, 4) is 0 Å². The molecule has 6 nitrogen and oxygen atoms in total. The summed E-state index contributed by atoms with van der Waals surface area (Å²) in [6.45, 7) is 8.36. The number of morpholine rings is 1. The number of aliphatic imine (C=N–C) groups is 1. The molecule has 1 aliphatic rings. The molecule has 1 aromatic rings. The van der Waals surface area contributed by atoms with Gasteiger partial charge in [-0.05, 0) is 19.4 Å². The topological polar surface area (TPSA) is 75.8 Å². The van der Waals surface area contributed by atoms with Gasteiger partial charge in [0, 0.05) is 25.0 Å². The van der Waals surface area contributed by atoms with Crippen molar-refractivity contribution in [1.29, 1.82) is 0 Å². The molecule has 0 spiro atoms. The van der Waals surface area contributed by atoms with Crippen LogP contribution in [0.1, 0.15) is 24.0 Å². The molecule has 2 rings (SSSR count). The number of ether oxygens (including phenoxy) is 1. The molecule has 0 bridgehead atoms. The molecule has 1 aromatic heterocycles. The van der Waals surface area contributed by atoms with Gasteiger partial charge in [0.25, 0.3) is 0 Å². The summed E-state index contributed by atoms with van der Waals surface area (Å²) in [6, 6.07) is 0. The second kappa shape index (κ2) is 11.1. The zero-order valence-corrected chi connectivity index (χ0v) is 16.2. The first kappa shape index (κ1) is 19.6. The van der Waals surface area contributed by atoms with Crippen molar-refractivity contribution >= 4 is 41.3 Å². The minimum absolute atomic E-state index is 0. The molecule has 0 saturated carbocycles. The maximum atomic E-state index is 5.86. The third-order valence-electron chi connectivity index (χ3n) is 3.37. The molecule has 0 unspecified atom stereocenters. The second-order valence-corrected chi connectivity index (χ2v) is 5.96. The maximum Gasteiger partial charge on any atom is 0.188 e. The van der Waals surface area contributed by atoms with E-state index in [0.717, 1.165) is 62.9 Å². The van der Waals surface area contributed by atoms with Gasteiger partial charge in [0.1, 0.15) is 0 Å². The Morgan fingerprint density at radius 3 is 2.95 bits per heavy atom. The lowest BCUT2D eigenvalue weighted by molar-refractivity contribution is 0.0376. The number of thiazole rings is 1. The molecule has 1 fully saturated rings. The average molecular weight is 439 g/mol. The van der Waals surface area contributed by atoms with E-state index in [0.29, 0.717) is 12.5 Å². The monoisotopic (exact) mass is 439 g/mol. The highest BCUT2D eigenvalue weighted by Gasteiger charge is 2.09. The maximum absolute atomic E-state index is 5.86. The average Bonchev–Trinajstić information content (AvgIpc) is 2.99. The lowest BCUT2D eigenvalue weighted by Crippen LogP contribution is -2.39. The zero-order chi connectivity index (χ0) is 14.9. The largest absolute Gasteiger partial charge is 0.379 e. The van der Waals surface area contributed by atoms with Crippen molar-refractivity contribution in [2.24, 2.45) is 10.7 Å². The Bertz CT molecular complexity index is 448. The highest BCUT2D eigenvalue weighted by Crippen LogP contribution is 2.10. The molecule has 0 radical (unpaired) electrons. The molecule has 126 valence electrons. The van der Waals surface area contributed by atoms with E-state index < -0.39 is 0 Å². The Morgan fingerprint density at radius 1 is 1.50 bits per heavy atom. The van der Waals surface area contributed by atoms with E-state index in [9.17, 15) is 0 Å². The van der Waals surface area contributed by atoms with Gasteiger partial charge in [-0.1, -0.05) is 6.92 Å². The lowest BCUT2D eigenvalue weighted by atomic mass is 10.3. The zero-order valence-electron chi connectivity index (χ0n) is 13.1. The van der Waals surface area contributed by atoms with E-state index in [2.05, 4.69) is 27.1 Å². The first-order chi connectivity index (χ1) is 10.3. The fraction of sp³-hybridized carbons (Fsp3) is 0.714. The highest BCUT2D eigenvalue weighted by molar-refractivity contribution is 14.0. The molecular formula is C14H26IN5OS. The van der Waals surface area contributed by atoms with Crippen molar-refractivity contribution in [3.63, 3.8) is 0 Å². The molecule has 0 amide bonds. The van der Waals surface area contributed by atoms with Crippen molar-refractivity contribution in [1.82, 2.24) is 15.2 Å². The van der Waals surface area contributed by atoms with Crippen LogP contribution in [-0.4, -0.2) is 55.2 Å². The number of nitrogens with one attached hydrogen (secondary N) is 1. The number of aromatic nitrogens is 1. The third kappa shape index (κ3) is 7.21. The Kier molecular flexibility index (Phi) is 9.92. The molecular weight excluding hydrogens is 413 g/mol. The Balaban J connectivity index is 0.00000242. The van der Waals surface area contributed by atoms with Gasteiger partial charge in [-0.3, -0.25) is 4.90 Å². The van der Waals surface area contributed by atoms with Crippen LogP contribution in [0.25, 0.3) is 0 Å². The number of hydrogen-bond donors (Lipinski definition) is 2. The Labute approximate surface area is 153 Å². The highest BCUT2D eigenvalue weighted by atomic mass is 127. The summed E-state index contributed by atoms with van der Waals surface area (Å²) in [6.07, 6.45) is 2.04. The smallest absolute Gasteiger partial charge is 0.188 e. The number of hydrogen-bond acceptors (Lipinski definition) is 5. The predicted octanol–water partition coefficient (Wildman–Crippen LogP) is 1.45. The van der Waals surface area contributed by atoms with E-state index >= 15 is 0 Å². The first-order valence-corrected chi connectivity index (χ1v) is 8.43. The molecule has 1 aliphatic heterocycles. The quantitative estimate of drug-likeness (QED) is 0.291. The standard InChI is InChI=1S/C14H25N5OS.HI/c1-2-13-18-12(11-21-13)10-17-14(15)16-4-3-5-19-6-8-20-9-7-19;/h11H,2-10H2,1H3,(H3,15,16,17);1H. The molecule has 0 aliphatic carbocycles. The van der Waals surface area contributed by atoms with Gasteiger partial charge in [-0.25, -0.2) is 9.98 Å². The summed E-state index contributed by atoms with van der Waals surface area (Å²) in [5.41, 5.74) is 6.86. The van der Waals surface area contributed by atoms with Crippen LogP contribution in [0.5, 0.6) is 0 Å². The molecule has 2 heterocycles. The predicted molar refractivity (Wildman–Crippen MR) is 102 cm³/mol. The summed E-state index contributed by atoms with van der Waals surface area (Å²) in [5.74, 6) is 0.503. The van der Waals surface area contributed by atoms with Gasteiger partial charge in [-0.15, -0.1) is 35.3 Å². The lowest BCUT2D eigenvalue weighted by Gasteiger charge is -2.26. The number of halogens is 1. The minimum Gasteiger partial charge on any atom is -0.379 e. The number of aryl methyl sites for hydroxylation is 1. The summed E-state index contributed by atoms with van der Waals surface area (Å²) in [7, 11) is 0. The van der Waals surface area contributed by atoms with Gasteiger partial charge in [0.15, 0.2) is 5.96 Å². The Morgan fingerprint density at radius 2 is 2.27 bits per heavy atom. The van der Waals surface area contributed by atoms with Gasteiger partial charge in [0.2, 0.25) is 0 Å². The van der Waals surface area contributed by atoms with Crippen LogP contribution in [0.15, 0.2) is 10.4 Å². The van der Waals surface area contributed by atoms with Crippen LogP contribution in [-0.2, 0) is 17.7 Å². The molecule has 3 N–H and O–H groups in total. The fourth-order valence-electron chi connectivity index (χ4n) is 2.15. The molecule has 22 heavy (non-hydrogen) atoms. The number of guanidine groups is 1. The van der Waals surface area contributed by atoms with E-state index in [1.165, 1.54) is 0 Å². The van der Waals surface area contributed by atoms with Crippen LogP contribution in [0.3, 0.4) is 0 Å². The van der Waals surface area contributed by atoms with E-state index in [4.69, 9.17) is 10.5 Å². The molecule has 0 aromatic carbocycles. The van der Waals surface area contributed by atoms with Crippen LogP contribution in [0, 0.1) is 0 Å². The molecule has 0 atom stereocenters. The van der Waals surface area contributed by atoms with Crippen LogP contribution in [0.2, 0.25) is 0 Å². The van der Waals surface area contributed by atoms with Crippen LogP contribution >= 0.6 is 35.3 Å². The number of nitrogens with zero attached hydrogens (tertiary/aromatic N) is 3. The summed E-state index contributed by atoms with van der Waals surface area (Å²) < 4.78 is 5.33.